The number of hydrogen-bond donors (Lipinski definition) is 2. The first-order chi connectivity index (χ1) is 25.0. The van der Waals surface area contributed by atoms with E-state index < -0.39 is 66.3 Å². The first kappa shape index (κ1) is 39.4. The number of benzene rings is 2. The summed E-state index contributed by atoms with van der Waals surface area (Å²) in [6.45, 7) is 13.3. The zero-order chi connectivity index (χ0) is 37.6. The van der Waals surface area contributed by atoms with Gasteiger partial charge in [0.1, 0.15) is 17.7 Å². The maximum Gasteiger partial charge on any atom is 0.313 e. The van der Waals surface area contributed by atoms with Crippen molar-refractivity contribution >= 4 is 39.6 Å². The van der Waals surface area contributed by atoms with Crippen LogP contribution < -0.4 is 5.32 Å². The van der Waals surface area contributed by atoms with Crippen molar-refractivity contribution in [1.29, 1.82) is 0 Å². The van der Waals surface area contributed by atoms with Gasteiger partial charge in [0.05, 0.1) is 36.6 Å². The fourth-order valence-electron chi connectivity index (χ4n) is 8.44. The molecule has 3 heterocycles. The van der Waals surface area contributed by atoms with E-state index in [1.165, 1.54) is 4.90 Å². The molecule has 2 unspecified atom stereocenters. The van der Waals surface area contributed by atoms with Crippen LogP contribution in [0.3, 0.4) is 0 Å². The summed E-state index contributed by atoms with van der Waals surface area (Å²) in [6.07, 6.45) is 4.70. The fourth-order valence-corrected chi connectivity index (χ4v) is 9.39. The number of allylic oxidation sites excluding steroid dienone is 1. The van der Waals surface area contributed by atoms with E-state index in [0.29, 0.717) is 24.8 Å². The number of aliphatic hydroxyl groups is 1. The number of fused-ring (bicyclic) bond motifs is 1. The Kier molecular flexibility index (Phi) is 13.1. The van der Waals surface area contributed by atoms with Crippen LogP contribution in [0.25, 0.3) is 0 Å². The maximum atomic E-state index is 15.0. The molecule has 3 fully saturated rings. The summed E-state index contributed by atoms with van der Waals surface area (Å²) < 4.78 is 13.1. The molecule has 3 aliphatic rings. The standard InChI is InChI=1S/C41H52BrN3O7/c1-6-9-21-32(47)43-27(5)35(29-19-14-11-15-20-29)51-40(50)33-34-38(48)45(30(25-46)23-28-17-12-10-13-18-28)37(41(34)24-31(42)36(33)52-41)39(49)44(22-8-3)26(4)16-7-2/h6,8,10-15,17-20,26-27,30-31,33-37,46H,1,3,7,9,16,21-25H2,2,4-5H3,(H,43,47)/t26?,27-,30-,31?,33+,34-,35-,36+,37+,41-/m1/s1. The number of esters is 1. The number of carbonyl (C=O) groups excluding carboxylic acids is 4. The Morgan fingerprint density at radius 3 is 2.40 bits per heavy atom. The molecule has 52 heavy (non-hydrogen) atoms. The van der Waals surface area contributed by atoms with Gasteiger partial charge in [-0.05, 0) is 50.7 Å². The van der Waals surface area contributed by atoms with Gasteiger partial charge in [-0.15, -0.1) is 13.2 Å². The molecule has 2 bridgehead atoms. The average molecular weight is 779 g/mol. The van der Waals surface area contributed by atoms with Crippen LogP contribution in [-0.4, -0.2) is 92.4 Å². The number of likely N-dealkylation sites (tertiary alicyclic amines) is 1. The molecule has 0 aliphatic carbocycles. The topological polar surface area (TPSA) is 125 Å². The lowest BCUT2D eigenvalue weighted by Crippen LogP contribution is -2.60. The van der Waals surface area contributed by atoms with Crippen molar-refractivity contribution in [3.63, 3.8) is 0 Å². The van der Waals surface area contributed by atoms with Crippen molar-refractivity contribution in [3.05, 3.63) is 97.1 Å². The fraction of sp³-hybridized carbons (Fsp3) is 0.512. The second-order valence-corrected chi connectivity index (χ2v) is 15.5. The van der Waals surface area contributed by atoms with Crippen molar-refractivity contribution in [1.82, 2.24) is 15.1 Å². The predicted octanol–water partition coefficient (Wildman–Crippen LogP) is 5.30. The number of alkyl halides is 1. The first-order valence-electron chi connectivity index (χ1n) is 18.4. The van der Waals surface area contributed by atoms with E-state index in [4.69, 9.17) is 9.47 Å². The van der Waals surface area contributed by atoms with Gasteiger partial charge in [-0.1, -0.05) is 102 Å². The van der Waals surface area contributed by atoms with Crippen molar-refractivity contribution in [3.8, 4) is 0 Å². The molecule has 3 amide bonds. The average Bonchev–Trinajstić information content (AvgIpc) is 3.74. The van der Waals surface area contributed by atoms with Crippen LogP contribution in [0, 0.1) is 11.8 Å². The second kappa shape index (κ2) is 17.4. The van der Waals surface area contributed by atoms with E-state index in [0.717, 1.165) is 18.4 Å². The lowest BCUT2D eigenvalue weighted by atomic mass is 9.70. The van der Waals surface area contributed by atoms with Gasteiger partial charge in [-0.3, -0.25) is 19.2 Å². The molecular formula is C41H52BrN3O7. The number of rotatable bonds is 18. The van der Waals surface area contributed by atoms with Gasteiger partial charge in [0.2, 0.25) is 17.7 Å². The Hall–Kier alpha value is -3.80. The Balaban J connectivity index is 1.54. The smallest absolute Gasteiger partial charge is 0.313 e. The van der Waals surface area contributed by atoms with Crippen molar-refractivity contribution in [2.24, 2.45) is 11.8 Å². The van der Waals surface area contributed by atoms with Gasteiger partial charge >= 0.3 is 5.97 Å². The van der Waals surface area contributed by atoms with Crippen LogP contribution in [0.1, 0.15) is 70.1 Å². The molecular weight excluding hydrogens is 726 g/mol. The minimum Gasteiger partial charge on any atom is -0.455 e. The minimum atomic E-state index is -1.35. The number of aliphatic hydroxyl groups excluding tert-OH is 1. The number of amides is 3. The number of ether oxygens (including phenoxy) is 2. The lowest BCUT2D eigenvalue weighted by molar-refractivity contribution is -0.162. The predicted molar refractivity (Wildman–Crippen MR) is 202 cm³/mol. The molecule has 10 nitrogen and oxygen atoms in total. The van der Waals surface area contributed by atoms with Gasteiger partial charge in [0.15, 0.2) is 0 Å². The maximum absolute atomic E-state index is 15.0. The Labute approximate surface area is 315 Å². The van der Waals surface area contributed by atoms with Crippen LogP contribution in [0.2, 0.25) is 0 Å². The van der Waals surface area contributed by atoms with E-state index in [9.17, 15) is 24.3 Å². The third-order valence-corrected chi connectivity index (χ3v) is 11.6. The largest absolute Gasteiger partial charge is 0.455 e. The summed E-state index contributed by atoms with van der Waals surface area (Å²) in [5, 5.41) is 13.8. The molecule has 3 saturated heterocycles. The zero-order valence-electron chi connectivity index (χ0n) is 30.4. The minimum absolute atomic E-state index is 0.154. The molecule has 3 aliphatic heterocycles. The highest BCUT2D eigenvalue weighted by molar-refractivity contribution is 9.09. The first-order valence-corrected chi connectivity index (χ1v) is 19.3. The van der Waals surface area contributed by atoms with Crippen LogP contribution >= 0.6 is 15.9 Å². The molecule has 0 saturated carbocycles. The van der Waals surface area contributed by atoms with Gasteiger partial charge in [0, 0.05) is 23.8 Å². The van der Waals surface area contributed by atoms with E-state index in [2.05, 4.69) is 41.3 Å². The Morgan fingerprint density at radius 1 is 1.12 bits per heavy atom. The van der Waals surface area contributed by atoms with Crippen molar-refractivity contribution in [2.45, 2.75) is 106 Å². The van der Waals surface area contributed by atoms with Gasteiger partial charge in [-0.2, -0.15) is 0 Å². The van der Waals surface area contributed by atoms with E-state index in [1.54, 1.807) is 24.0 Å². The lowest BCUT2D eigenvalue weighted by Gasteiger charge is -2.41. The molecule has 10 atom stereocenters. The Morgan fingerprint density at radius 2 is 1.79 bits per heavy atom. The summed E-state index contributed by atoms with van der Waals surface area (Å²) in [7, 11) is 0. The number of carbonyl (C=O) groups is 4. The molecule has 5 rings (SSSR count). The molecule has 2 N–H and O–H groups in total. The highest BCUT2D eigenvalue weighted by atomic mass is 79.9. The number of nitrogens with zero attached hydrogens (tertiary/aromatic N) is 2. The third-order valence-electron chi connectivity index (χ3n) is 10.8. The quantitative estimate of drug-likeness (QED) is 0.120. The molecule has 0 radical (unpaired) electrons. The normalized spacial score (nSPS) is 26.9. The molecule has 2 aromatic rings. The van der Waals surface area contributed by atoms with Crippen LogP contribution in [0.15, 0.2) is 86.0 Å². The zero-order valence-corrected chi connectivity index (χ0v) is 32.0. The Bertz CT molecular complexity index is 1590. The van der Waals surface area contributed by atoms with Gasteiger partial charge in [0.25, 0.3) is 0 Å². The van der Waals surface area contributed by atoms with Crippen molar-refractivity contribution < 1.29 is 33.8 Å². The van der Waals surface area contributed by atoms with Gasteiger partial charge < -0.3 is 29.7 Å². The molecule has 280 valence electrons. The number of nitrogens with one attached hydrogen (secondary N) is 1. The monoisotopic (exact) mass is 777 g/mol. The summed E-state index contributed by atoms with van der Waals surface area (Å²) in [5.41, 5.74) is 0.229. The third kappa shape index (κ3) is 7.77. The highest BCUT2D eigenvalue weighted by Crippen LogP contribution is 2.61. The molecule has 1 spiro atoms. The second-order valence-electron chi connectivity index (χ2n) is 14.3. The molecule has 2 aromatic carbocycles. The van der Waals surface area contributed by atoms with Crippen molar-refractivity contribution in [2.75, 3.05) is 13.2 Å². The van der Waals surface area contributed by atoms with Crippen LogP contribution in [0.5, 0.6) is 0 Å². The SMILES string of the molecule is C=CCCC(=O)N[C@H](C)[C@@H](OC(=O)[C@@H]1[C@H]2O[C@@]3(CC2Br)[C@H](C(=O)N(CC=C)C(C)CCC)N([C@@H](CO)Cc2ccccc2)C(=O)[C@@H]13)c1ccccc1. The summed E-state index contributed by atoms with van der Waals surface area (Å²) in [6, 6.07) is 16.1. The number of halogens is 1. The highest BCUT2D eigenvalue weighted by Gasteiger charge is 2.77. The number of hydrogen-bond acceptors (Lipinski definition) is 7. The van der Waals surface area contributed by atoms with Crippen LogP contribution in [0.4, 0.5) is 0 Å². The summed E-state index contributed by atoms with van der Waals surface area (Å²) in [4.78, 5) is 60.1. The molecule has 11 heteroatoms. The molecule has 0 aromatic heterocycles. The summed E-state index contributed by atoms with van der Waals surface area (Å²) in [5.74, 6) is -3.63. The van der Waals surface area contributed by atoms with E-state index >= 15 is 0 Å². The van der Waals surface area contributed by atoms with E-state index in [1.807, 2.05) is 67.6 Å². The summed E-state index contributed by atoms with van der Waals surface area (Å²) >= 11 is 3.76. The van der Waals surface area contributed by atoms with Crippen LogP contribution in [-0.2, 0) is 35.1 Å². The van der Waals surface area contributed by atoms with E-state index in [-0.39, 0.29) is 35.6 Å². The van der Waals surface area contributed by atoms with Gasteiger partial charge in [-0.25, -0.2) is 0 Å².